The molecular formula is C9H14O3. The molecule has 0 spiro atoms. The van der Waals surface area contributed by atoms with Gasteiger partial charge in [-0.2, -0.15) is 0 Å². The molecule has 0 aromatic carbocycles. The molecular weight excluding hydrogens is 156 g/mol. The molecule has 0 N–H and O–H groups in total. The summed E-state index contributed by atoms with van der Waals surface area (Å²) >= 11 is 0. The monoisotopic (exact) mass is 170 g/mol. The molecule has 12 heavy (non-hydrogen) atoms. The van der Waals surface area contributed by atoms with Gasteiger partial charge in [-0.05, 0) is 13.8 Å². The molecule has 0 rings (SSSR count). The molecule has 0 aliphatic heterocycles. The average molecular weight is 170 g/mol. The lowest BCUT2D eigenvalue weighted by molar-refractivity contribution is -0.125. The van der Waals surface area contributed by atoms with Gasteiger partial charge in [-0.1, -0.05) is 0 Å². The van der Waals surface area contributed by atoms with Crippen molar-refractivity contribution < 1.29 is 14.4 Å². The zero-order chi connectivity index (χ0) is 9.56. The Kier molecular flexibility index (Phi) is 5.17. The standard InChI is InChI=1S/C9H14O3/c1-7(10)3-5-9(12)6-4-8(2)11/h3-6H2,1-2H3. The van der Waals surface area contributed by atoms with E-state index in [1.165, 1.54) is 13.8 Å². The molecule has 0 aliphatic carbocycles. The zero-order valence-electron chi connectivity index (χ0n) is 7.55. The fourth-order valence-electron chi connectivity index (χ4n) is 0.756. The molecule has 68 valence electrons. The van der Waals surface area contributed by atoms with Crippen LogP contribution in [0.2, 0.25) is 0 Å². The third-order valence-electron chi connectivity index (χ3n) is 1.51. The average Bonchev–Trinajstić information content (AvgIpc) is 1.96. The Bertz CT molecular complexity index is 174. The molecule has 0 bridgehead atoms. The molecule has 0 aromatic heterocycles. The van der Waals surface area contributed by atoms with Crippen LogP contribution in [-0.4, -0.2) is 17.3 Å². The summed E-state index contributed by atoms with van der Waals surface area (Å²) in [5, 5.41) is 0. The molecule has 0 unspecified atom stereocenters. The topological polar surface area (TPSA) is 51.2 Å². The molecule has 3 nitrogen and oxygen atoms in total. The quantitative estimate of drug-likeness (QED) is 0.603. The summed E-state index contributed by atoms with van der Waals surface area (Å²) in [6.45, 7) is 2.91. The summed E-state index contributed by atoms with van der Waals surface area (Å²) in [4.78, 5) is 31.9. The van der Waals surface area contributed by atoms with E-state index in [2.05, 4.69) is 0 Å². The number of hydrogen-bond donors (Lipinski definition) is 0. The number of carbonyl (C=O) groups excluding carboxylic acids is 3. The lowest BCUT2D eigenvalue weighted by atomic mass is 10.1. The Morgan fingerprint density at radius 1 is 0.750 bits per heavy atom. The Morgan fingerprint density at radius 2 is 1.08 bits per heavy atom. The third kappa shape index (κ3) is 7.12. The van der Waals surface area contributed by atoms with Crippen molar-refractivity contribution in [3.05, 3.63) is 0 Å². The number of rotatable bonds is 6. The molecule has 0 saturated carbocycles. The minimum absolute atomic E-state index is 0.000370. The summed E-state index contributed by atoms with van der Waals surface area (Å²) in [6, 6.07) is 0. The minimum atomic E-state index is 0.000370. The van der Waals surface area contributed by atoms with Crippen molar-refractivity contribution in [3.8, 4) is 0 Å². The Labute approximate surface area is 72.1 Å². The highest BCUT2D eigenvalue weighted by Crippen LogP contribution is 1.99. The van der Waals surface area contributed by atoms with Crippen LogP contribution in [0.3, 0.4) is 0 Å². The summed E-state index contributed by atoms with van der Waals surface area (Å²) in [5.74, 6) is 0.0396. The maximum atomic E-state index is 10.9. The van der Waals surface area contributed by atoms with Crippen LogP contribution in [0, 0.1) is 0 Å². The van der Waals surface area contributed by atoms with Crippen molar-refractivity contribution in [2.45, 2.75) is 39.5 Å². The Hall–Kier alpha value is -0.990. The van der Waals surface area contributed by atoms with Gasteiger partial charge in [-0.25, -0.2) is 0 Å². The predicted octanol–water partition coefficient (Wildman–Crippen LogP) is 1.29. The van der Waals surface area contributed by atoms with E-state index in [0.717, 1.165) is 0 Å². The van der Waals surface area contributed by atoms with E-state index in [0.29, 0.717) is 12.8 Å². The molecule has 0 heterocycles. The summed E-state index contributed by atoms with van der Waals surface area (Å²) in [7, 11) is 0. The fraction of sp³-hybridized carbons (Fsp3) is 0.667. The molecule has 3 heteroatoms. The zero-order valence-corrected chi connectivity index (χ0v) is 7.55. The number of Topliss-reactive ketones (excluding diaryl/α,β-unsaturated/α-hetero) is 3. The first kappa shape index (κ1) is 11.0. The third-order valence-corrected chi connectivity index (χ3v) is 1.51. The molecule has 0 amide bonds. The predicted molar refractivity (Wildman–Crippen MR) is 44.8 cm³/mol. The van der Waals surface area contributed by atoms with Gasteiger partial charge in [-0.3, -0.25) is 4.79 Å². The van der Waals surface area contributed by atoms with Crippen LogP contribution in [0.15, 0.2) is 0 Å². The smallest absolute Gasteiger partial charge is 0.133 e. The van der Waals surface area contributed by atoms with Gasteiger partial charge in [0.15, 0.2) is 0 Å². The van der Waals surface area contributed by atoms with Crippen LogP contribution in [0.1, 0.15) is 39.5 Å². The van der Waals surface area contributed by atoms with Crippen LogP contribution >= 0.6 is 0 Å². The second-order valence-corrected chi connectivity index (χ2v) is 2.94. The van der Waals surface area contributed by atoms with Gasteiger partial charge >= 0.3 is 0 Å². The van der Waals surface area contributed by atoms with Crippen molar-refractivity contribution in [1.82, 2.24) is 0 Å². The van der Waals surface area contributed by atoms with E-state index in [1.54, 1.807) is 0 Å². The van der Waals surface area contributed by atoms with E-state index in [9.17, 15) is 14.4 Å². The molecule has 0 aliphatic rings. The van der Waals surface area contributed by atoms with Crippen molar-refractivity contribution >= 4 is 17.3 Å². The van der Waals surface area contributed by atoms with Crippen LogP contribution in [-0.2, 0) is 14.4 Å². The van der Waals surface area contributed by atoms with E-state index in [-0.39, 0.29) is 30.2 Å². The maximum Gasteiger partial charge on any atom is 0.133 e. The molecule has 0 saturated heterocycles. The SMILES string of the molecule is CC(=O)CCC(=O)CCC(C)=O. The molecule has 0 aromatic rings. The Morgan fingerprint density at radius 3 is 1.33 bits per heavy atom. The highest BCUT2D eigenvalue weighted by Gasteiger charge is 2.04. The van der Waals surface area contributed by atoms with E-state index >= 15 is 0 Å². The highest BCUT2D eigenvalue weighted by atomic mass is 16.1. The fourth-order valence-corrected chi connectivity index (χ4v) is 0.756. The van der Waals surface area contributed by atoms with Crippen LogP contribution in [0.4, 0.5) is 0 Å². The lowest BCUT2D eigenvalue weighted by Crippen LogP contribution is -2.03. The summed E-state index contributed by atoms with van der Waals surface area (Å²) in [5.41, 5.74) is 0. The Balaban J connectivity index is 3.47. The first-order valence-corrected chi connectivity index (χ1v) is 4.03. The normalized spacial score (nSPS) is 9.50. The van der Waals surface area contributed by atoms with Crippen molar-refractivity contribution in [2.24, 2.45) is 0 Å². The van der Waals surface area contributed by atoms with Crippen LogP contribution in [0.25, 0.3) is 0 Å². The van der Waals surface area contributed by atoms with Gasteiger partial charge in [0.1, 0.15) is 17.3 Å². The van der Waals surface area contributed by atoms with Crippen LogP contribution in [0.5, 0.6) is 0 Å². The minimum Gasteiger partial charge on any atom is -0.300 e. The van der Waals surface area contributed by atoms with E-state index in [4.69, 9.17) is 0 Å². The van der Waals surface area contributed by atoms with Gasteiger partial charge in [-0.15, -0.1) is 0 Å². The van der Waals surface area contributed by atoms with Gasteiger partial charge in [0.2, 0.25) is 0 Å². The number of hydrogen-bond acceptors (Lipinski definition) is 3. The van der Waals surface area contributed by atoms with E-state index < -0.39 is 0 Å². The van der Waals surface area contributed by atoms with Crippen LogP contribution < -0.4 is 0 Å². The summed E-state index contributed by atoms with van der Waals surface area (Å²) in [6.07, 6.45) is 1.17. The molecule has 0 fully saturated rings. The van der Waals surface area contributed by atoms with Gasteiger partial charge < -0.3 is 9.59 Å². The number of ketones is 3. The molecule has 0 atom stereocenters. The van der Waals surface area contributed by atoms with Gasteiger partial charge in [0.05, 0.1) is 0 Å². The maximum absolute atomic E-state index is 10.9. The summed E-state index contributed by atoms with van der Waals surface area (Å²) < 4.78 is 0. The van der Waals surface area contributed by atoms with Crippen molar-refractivity contribution in [3.63, 3.8) is 0 Å². The van der Waals surface area contributed by atoms with Crippen molar-refractivity contribution in [1.29, 1.82) is 0 Å². The van der Waals surface area contributed by atoms with Gasteiger partial charge in [0, 0.05) is 25.7 Å². The first-order chi connectivity index (χ1) is 5.52. The molecule has 0 radical (unpaired) electrons. The van der Waals surface area contributed by atoms with Gasteiger partial charge in [0.25, 0.3) is 0 Å². The number of carbonyl (C=O) groups is 3. The van der Waals surface area contributed by atoms with E-state index in [1.807, 2.05) is 0 Å². The van der Waals surface area contributed by atoms with Crippen molar-refractivity contribution in [2.75, 3.05) is 0 Å². The largest absolute Gasteiger partial charge is 0.300 e. The lowest BCUT2D eigenvalue weighted by Gasteiger charge is -1.95. The first-order valence-electron chi connectivity index (χ1n) is 4.03. The second kappa shape index (κ2) is 5.63. The second-order valence-electron chi connectivity index (χ2n) is 2.94. The highest BCUT2D eigenvalue weighted by molar-refractivity contribution is 5.87.